The molecule has 1 fully saturated rings. The lowest BCUT2D eigenvalue weighted by Gasteiger charge is -2.30. The quantitative estimate of drug-likeness (QED) is 0.677. The van der Waals surface area contributed by atoms with E-state index in [1.165, 1.54) is 0 Å². The zero-order chi connectivity index (χ0) is 14.0. The van der Waals surface area contributed by atoms with Gasteiger partial charge in [0, 0.05) is 18.2 Å². The molecule has 0 atom stereocenters. The van der Waals surface area contributed by atoms with Crippen LogP contribution in [0.15, 0.2) is 12.1 Å². The number of hydrogen-bond donors (Lipinski definition) is 1. The summed E-state index contributed by atoms with van der Waals surface area (Å²) in [7, 11) is 2.00. The van der Waals surface area contributed by atoms with Crippen LogP contribution in [0.4, 0.5) is 20.2 Å². The second-order valence-corrected chi connectivity index (χ2v) is 4.76. The van der Waals surface area contributed by atoms with Crippen LogP contribution in [0, 0.1) is 21.7 Å². The van der Waals surface area contributed by atoms with Crippen molar-refractivity contribution in [2.45, 2.75) is 18.9 Å². The first-order valence-electron chi connectivity index (χ1n) is 6.06. The molecule has 1 aromatic rings. The maximum atomic E-state index is 13.6. The lowest BCUT2D eigenvalue weighted by atomic mass is 10.1. The lowest BCUT2D eigenvalue weighted by molar-refractivity contribution is -0.387. The molecule has 1 aliphatic rings. The maximum Gasteiger partial charge on any atom is 0.307 e. The van der Waals surface area contributed by atoms with Crippen LogP contribution in [0.3, 0.4) is 0 Å². The van der Waals surface area contributed by atoms with Crippen molar-refractivity contribution >= 4 is 11.4 Å². The van der Waals surface area contributed by atoms with Crippen LogP contribution in [0.2, 0.25) is 0 Å². The molecule has 2 rings (SSSR count). The van der Waals surface area contributed by atoms with Gasteiger partial charge in [-0.05, 0) is 33.0 Å². The Bertz CT molecular complexity index is 488. The summed E-state index contributed by atoms with van der Waals surface area (Å²) < 4.78 is 26.8. The Kier molecular flexibility index (Phi) is 3.94. The van der Waals surface area contributed by atoms with Gasteiger partial charge in [-0.25, -0.2) is 4.39 Å². The summed E-state index contributed by atoms with van der Waals surface area (Å²) >= 11 is 0. The standard InChI is InChI=1S/C12H15F2N3O2/c1-16-4-2-8(3-5-16)15-11-7-12(17(18)19)10(14)6-9(11)13/h6-8,15H,2-5H2,1H3. The highest BCUT2D eigenvalue weighted by Gasteiger charge is 2.22. The van der Waals surface area contributed by atoms with Crippen molar-refractivity contribution < 1.29 is 13.7 Å². The number of halogens is 2. The van der Waals surface area contributed by atoms with Crippen molar-refractivity contribution in [3.05, 3.63) is 33.9 Å². The molecule has 1 aromatic carbocycles. The van der Waals surface area contributed by atoms with Gasteiger partial charge in [-0.15, -0.1) is 0 Å². The second kappa shape index (κ2) is 5.48. The van der Waals surface area contributed by atoms with Gasteiger partial charge in [-0.2, -0.15) is 4.39 Å². The smallest absolute Gasteiger partial charge is 0.307 e. The second-order valence-electron chi connectivity index (χ2n) is 4.76. The number of likely N-dealkylation sites (tertiary alicyclic amines) is 1. The topological polar surface area (TPSA) is 58.4 Å². The van der Waals surface area contributed by atoms with E-state index in [0.717, 1.165) is 32.0 Å². The summed E-state index contributed by atoms with van der Waals surface area (Å²) in [5.74, 6) is -1.96. The molecule has 0 radical (unpaired) electrons. The first-order valence-corrected chi connectivity index (χ1v) is 6.06. The van der Waals surface area contributed by atoms with Crippen LogP contribution in [0.1, 0.15) is 12.8 Å². The summed E-state index contributed by atoms with van der Waals surface area (Å²) in [5, 5.41) is 13.5. The molecular formula is C12H15F2N3O2. The maximum absolute atomic E-state index is 13.6. The van der Waals surface area contributed by atoms with Gasteiger partial charge in [-0.3, -0.25) is 10.1 Å². The van der Waals surface area contributed by atoms with E-state index in [-0.39, 0.29) is 11.7 Å². The summed E-state index contributed by atoms with van der Waals surface area (Å²) in [6, 6.07) is 1.52. The summed E-state index contributed by atoms with van der Waals surface area (Å²) in [6.45, 7) is 1.76. The van der Waals surface area contributed by atoms with Gasteiger partial charge in [0.2, 0.25) is 5.82 Å². The predicted octanol–water partition coefficient (Wildman–Crippen LogP) is 2.38. The third-order valence-electron chi connectivity index (χ3n) is 3.31. The Balaban J connectivity index is 2.15. The SMILES string of the molecule is CN1CCC(Nc2cc([N+](=O)[O-])c(F)cc2F)CC1. The van der Waals surface area contributed by atoms with Crippen molar-refractivity contribution in [2.24, 2.45) is 0 Å². The van der Waals surface area contributed by atoms with Gasteiger partial charge in [0.05, 0.1) is 10.6 Å². The van der Waals surface area contributed by atoms with Crippen LogP contribution in [-0.4, -0.2) is 36.0 Å². The molecule has 5 nitrogen and oxygen atoms in total. The minimum atomic E-state index is -1.16. The molecule has 104 valence electrons. The number of benzene rings is 1. The van der Waals surface area contributed by atoms with Gasteiger partial charge < -0.3 is 10.2 Å². The normalized spacial score (nSPS) is 17.4. The number of rotatable bonds is 3. The molecule has 7 heteroatoms. The number of nitro benzene ring substituents is 1. The zero-order valence-corrected chi connectivity index (χ0v) is 10.5. The Morgan fingerprint density at radius 2 is 1.95 bits per heavy atom. The van der Waals surface area contributed by atoms with E-state index in [0.29, 0.717) is 6.07 Å². The van der Waals surface area contributed by atoms with Crippen molar-refractivity contribution in [1.29, 1.82) is 0 Å². The molecule has 1 N–H and O–H groups in total. The fourth-order valence-corrected chi connectivity index (χ4v) is 2.16. The first-order chi connectivity index (χ1) is 8.97. The number of hydrogen-bond acceptors (Lipinski definition) is 4. The van der Waals surface area contributed by atoms with Crippen molar-refractivity contribution in [1.82, 2.24) is 4.90 Å². The van der Waals surface area contributed by atoms with E-state index in [9.17, 15) is 18.9 Å². The van der Waals surface area contributed by atoms with Gasteiger partial charge in [0.15, 0.2) is 0 Å². The Labute approximate surface area is 109 Å². The van der Waals surface area contributed by atoms with E-state index in [2.05, 4.69) is 10.2 Å². The van der Waals surface area contributed by atoms with E-state index >= 15 is 0 Å². The number of nitrogens with one attached hydrogen (secondary N) is 1. The molecule has 19 heavy (non-hydrogen) atoms. The monoisotopic (exact) mass is 271 g/mol. The fourth-order valence-electron chi connectivity index (χ4n) is 2.16. The van der Waals surface area contributed by atoms with Crippen molar-refractivity contribution in [2.75, 3.05) is 25.5 Å². The Morgan fingerprint density at radius 3 is 2.53 bits per heavy atom. The van der Waals surface area contributed by atoms with E-state index in [4.69, 9.17) is 0 Å². The van der Waals surface area contributed by atoms with Gasteiger partial charge in [0.1, 0.15) is 5.82 Å². The summed E-state index contributed by atoms with van der Waals surface area (Å²) in [4.78, 5) is 11.9. The highest BCUT2D eigenvalue weighted by Crippen LogP contribution is 2.26. The molecule has 0 bridgehead atoms. The van der Waals surface area contributed by atoms with Crippen molar-refractivity contribution in [3.8, 4) is 0 Å². The van der Waals surface area contributed by atoms with Crippen LogP contribution in [-0.2, 0) is 0 Å². The molecule has 0 saturated carbocycles. The molecule has 1 aliphatic heterocycles. The molecule has 0 aromatic heterocycles. The molecule has 0 spiro atoms. The highest BCUT2D eigenvalue weighted by atomic mass is 19.1. The molecule has 1 saturated heterocycles. The molecule has 0 amide bonds. The zero-order valence-electron chi connectivity index (χ0n) is 10.5. The number of piperidine rings is 1. The van der Waals surface area contributed by atoms with E-state index in [1.54, 1.807) is 0 Å². The molecule has 0 unspecified atom stereocenters. The van der Waals surface area contributed by atoms with Gasteiger partial charge >= 0.3 is 5.69 Å². The Morgan fingerprint density at radius 1 is 1.32 bits per heavy atom. The number of nitrogens with zero attached hydrogens (tertiary/aromatic N) is 2. The van der Waals surface area contributed by atoms with E-state index in [1.807, 2.05) is 7.05 Å². The first kappa shape index (κ1) is 13.7. The largest absolute Gasteiger partial charge is 0.380 e. The minimum absolute atomic E-state index is 0.0114. The summed E-state index contributed by atoms with van der Waals surface area (Å²) in [6.07, 6.45) is 1.64. The summed E-state index contributed by atoms with van der Waals surface area (Å²) in [5.41, 5.74) is -0.723. The van der Waals surface area contributed by atoms with Gasteiger partial charge in [-0.1, -0.05) is 0 Å². The third-order valence-corrected chi connectivity index (χ3v) is 3.31. The van der Waals surface area contributed by atoms with Crippen molar-refractivity contribution in [3.63, 3.8) is 0 Å². The third kappa shape index (κ3) is 3.17. The lowest BCUT2D eigenvalue weighted by Crippen LogP contribution is -2.36. The minimum Gasteiger partial charge on any atom is -0.380 e. The number of nitro groups is 1. The van der Waals surface area contributed by atoms with Crippen LogP contribution in [0.5, 0.6) is 0 Å². The average molecular weight is 271 g/mol. The highest BCUT2D eigenvalue weighted by molar-refractivity contribution is 5.53. The van der Waals surface area contributed by atoms with Crippen LogP contribution >= 0.6 is 0 Å². The van der Waals surface area contributed by atoms with E-state index < -0.39 is 22.2 Å². The van der Waals surface area contributed by atoms with Crippen LogP contribution in [0.25, 0.3) is 0 Å². The molecular weight excluding hydrogens is 256 g/mol. The average Bonchev–Trinajstić information content (AvgIpc) is 2.34. The predicted molar refractivity (Wildman–Crippen MR) is 67.2 cm³/mol. The number of anilines is 1. The fraction of sp³-hybridized carbons (Fsp3) is 0.500. The Hall–Kier alpha value is -1.76. The van der Waals surface area contributed by atoms with Gasteiger partial charge in [0.25, 0.3) is 0 Å². The van der Waals surface area contributed by atoms with Crippen LogP contribution < -0.4 is 5.32 Å². The molecule has 0 aliphatic carbocycles. The molecule has 1 heterocycles.